The molecule has 1 atom stereocenters. The van der Waals surface area contributed by atoms with E-state index in [9.17, 15) is 4.39 Å². The second-order valence-electron chi connectivity index (χ2n) is 5.07. The summed E-state index contributed by atoms with van der Waals surface area (Å²) in [4.78, 5) is 2.10. The quantitative estimate of drug-likeness (QED) is 0.862. The highest BCUT2D eigenvalue weighted by Gasteiger charge is 2.37. The van der Waals surface area contributed by atoms with Gasteiger partial charge in [0.25, 0.3) is 0 Å². The van der Waals surface area contributed by atoms with E-state index in [0.717, 1.165) is 12.8 Å². The zero-order chi connectivity index (χ0) is 14.6. The first-order chi connectivity index (χ1) is 8.92. The number of nitrogens with zero attached hydrogens (tertiary/aromatic N) is 1. The Balaban J connectivity index is 3.20. The number of benzene rings is 1. The van der Waals surface area contributed by atoms with Crippen LogP contribution in [0.4, 0.5) is 4.39 Å². The number of hydrogen-bond donors (Lipinski definition) is 1. The lowest BCUT2D eigenvalue weighted by atomic mass is 9.80. The van der Waals surface area contributed by atoms with E-state index in [0.29, 0.717) is 11.3 Å². The summed E-state index contributed by atoms with van der Waals surface area (Å²) in [5.74, 6) is 0.205. The van der Waals surface area contributed by atoms with Gasteiger partial charge < -0.3 is 15.4 Å². The lowest BCUT2D eigenvalue weighted by molar-refractivity contribution is 0.104. The largest absolute Gasteiger partial charge is 0.497 e. The van der Waals surface area contributed by atoms with Crippen molar-refractivity contribution in [1.29, 1.82) is 0 Å². The van der Waals surface area contributed by atoms with E-state index < -0.39 is 0 Å². The Bertz CT molecular complexity index is 417. The lowest BCUT2D eigenvalue weighted by Gasteiger charge is -2.43. The first-order valence-corrected chi connectivity index (χ1v) is 6.69. The normalized spacial score (nSPS) is 13.7. The second kappa shape index (κ2) is 6.35. The molecule has 1 rings (SSSR count). The van der Waals surface area contributed by atoms with Crippen LogP contribution >= 0.6 is 0 Å². The highest BCUT2D eigenvalue weighted by atomic mass is 19.1. The van der Waals surface area contributed by atoms with Crippen molar-refractivity contribution in [3.8, 4) is 5.75 Å². The van der Waals surface area contributed by atoms with Gasteiger partial charge in [-0.2, -0.15) is 0 Å². The highest BCUT2D eigenvalue weighted by molar-refractivity contribution is 5.32. The minimum Gasteiger partial charge on any atom is -0.497 e. The van der Waals surface area contributed by atoms with Crippen molar-refractivity contribution in [2.24, 2.45) is 5.73 Å². The Morgan fingerprint density at radius 3 is 2.26 bits per heavy atom. The molecule has 0 saturated carbocycles. The molecule has 3 nitrogen and oxygen atoms in total. The third-order valence-corrected chi connectivity index (χ3v) is 4.24. The van der Waals surface area contributed by atoms with Gasteiger partial charge in [0.05, 0.1) is 13.2 Å². The van der Waals surface area contributed by atoms with E-state index in [1.165, 1.54) is 13.2 Å². The van der Waals surface area contributed by atoms with Gasteiger partial charge in [-0.1, -0.05) is 19.9 Å². The molecular weight excluding hydrogens is 243 g/mol. The number of halogens is 1. The first kappa shape index (κ1) is 15.9. The van der Waals surface area contributed by atoms with Crippen molar-refractivity contribution in [2.75, 3.05) is 21.2 Å². The molecule has 0 bridgehead atoms. The standard InChI is InChI=1S/C15H25FN2O/c1-6-15(7-2,18(3)4)14(17)12-9-8-11(19-5)10-13(12)16/h8-10,14H,6-7,17H2,1-5H3. The highest BCUT2D eigenvalue weighted by Crippen LogP contribution is 2.35. The van der Waals surface area contributed by atoms with E-state index in [1.54, 1.807) is 12.1 Å². The SMILES string of the molecule is CCC(CC)(C(N)c1ccc(OC)cc1F)N(C)C. The van der Waals surface area contributed by atoms with Crippen LogP contribution in [0.15, 0.2) is 18.2 Å². The lowest BCUT2D eigenvalue weighted by Crippen LogP contribution is -2.51. The molecule has 0 aromatic heterocycles. The summed E-state index contributed by atoms with van der Waals surface area (Å²) in [6.45, 7) is 4.18. The molecule has 4 heteroatoms. The van der Waals surface area contributed by atoms with Gasteiger partial charge in [-0.05, 0) is 33.0 Å². The van der Waals surface area contributed by atoms with Crippen LogP contribution in [0.5, 0.6) is 5.75 Å². The zero-order valence-electron chi connectivity index (χ0n) is 12.5. The minimum absolute atomic E-state index is 0.241. The molecule has 0 amide bonds. The maximum absolute atomic E-state index is 14.2. The zero-order valence-corrected chi connectivity index (χ0v) is 12.5. The van der Waals surface area contributed by atoms with E-state index in [1.807, 2.05) is 14.1 Å². The summed E-state index contributed by atoms with van der Waals surface area (Å²) in [7, 11) is 5.51. The van der Waals surface area contributed by atoms with Gasteiger partial charge in [0.2, 0.25) is 0 Å². The van der Waals surface area contributed by atoms with Crippen molar-refractivity contribution < 1.29 is 9.13 Å². The van der Waals surface area contributed by atoms with Crippen LogP contribution in [-0.4, -0.2) is 31.6 Å². The van der Waals surface area contributed by atoms with Gasteiger partial charge >= 0.3 is 0 Å². The van der Waals surface area contributed by atoms with Crippen LogP contribution in [0.25, 0.3) is 0 Å². The molecule has 0 fully saturated rings. The van der Waals surface area contributed by atoms with Crippen LogP contribution in [0.2, 0.25) is 0 Å². The molecule has 1 unspecified atom stereocenters. The number of methoxy groups -OCH3 is 1. The average Bonchev–Trinajstić information content (AvgIpc) is 2.39. The molecule has 0 aliphatic carbocycles. The number of ether oxygens (including phenoxy) is 1. The Morgan fingerprint density at radius 1 is 1.32 bits per heavy atom. The molecule has 2 N–H and O–H groups in total. The third-order valence-electron chi connectivity index (χ3n) is 4.24. The fourth-order valence-electron chi connectivity index (χ4n) is 2.78. The average molecular weight is 268 g/mol. The van der Waals surface area contributed by atoms with Crippen LogP contribution in [0.1, 0.15) is 38.3 Å². The maximum atomic E-state index is 14.2. The molecule has 108 valence electrons. The molecule has 0 radical (unpaired) electrons. The fourth-order valence-corrected chi connectivity index (χ4v) is 2.78. The number of nitrogens with two attached hydrogens (primary N) is 1. The van der Waals surface area contributed by atoms with Gasteiger partial charge in [-0.15, -0.1) is 0 Å². The molecule has 0 spiro atoms. The smallest absolute Gasteiger partial charge is 0.131 e. The van der Waals surface area contributed by atoms with Crippen molar-refractivity contribution in [1.82, 2.24) is 4.90 Å². The summed E-state index contributed by atoms with van der Waals surface area (Å²) in [6, 6.07) is 4.50. The van der Waals surface area contributed by atoms with Gasteiger partial charge in [0, 0.05) is 17.2 Å². The molecule has 0 saturated heterocycles. The molecule has 19 heavy (non-hydrogen) atoms. The van der Waals surface area contributed by atoms with E-state index in [4.69, 9.17) is 10.5 Å². The van der Waals surface area contributed by atoms with Gasteiger partial charge in [0.1, 0.15) is 11.6 Å². The Hall–Kier alpha value is -1.13. The van der Waals surface area contributed by atoms with Gasteiger partial charge in [0.15, 0.2) is 0 Å². The molecule has 1 aromatic rings. The Morgan fingerprint density at radius 2 is 1.89 bits per heavy atom. The van der Waals surface area contributed by atoms with Crippen molar-refractivity contribution in [3.63, 3.8) is 0 Å². The van der Waals surface area contributed by atoms with Crippen molar-refractivity contribution in [3.05, 3.63) is 29.6 Å². The fraction of sp³-hybridized carbons (Fsp3) is 0.600. The van der Waals surface area contributed by atoms with E-state index in [2.05, 4.69) is 18.7 Å². The molecule has 0 aliphatic heterocycles. The summed E-state index contributed by atoms with van der Waals surface area (Å²) in [5, 5.41) is 0. The molecular formula is C15H25FN2O. The summed E-state index contributed by atoms with van der Waals surface area (Å²) < 4.78 is 19.2. The van der Waals surface area contributed by atoms with Crippen LogP contribution in [-0.2, 0) is 0 Å². The topological polar surface area (TPSA) is 38.5 Å². The first-order valence-electron chi connectivity index (χ1n) is 6.69. The number of likely N-dealkylation sites (N-methyl/N-ethyl adjacent to an activating group) is 1. The summed E-state index contributed by atoms with van der Waals surface area (Å²) in [6.07, 6.45) is 1.73. The van der Waals surface area contributed by atoms with Gasteiger partial charge in [-0.3, -0.25) is 0 Å². The predicted octanol–water partition coefficient (Wildman–Crippen LogP) is 2.95. The molecule has 0 aliphatic rings. The van der Waals surface area contributed by atoms with Crippen molar-refractivity contribution in [2.45, 2.75) is 38.3 Å². The van der Waals surface area contributed by atoms with E-state index in [-0.39, 0.29) is 17.4 Å². The summed E-state index contributed by atoms with van der Waals surface area (Å²) in [5.41, 5.74) is 6.67. The number of rotatable bonds is 6. The third kappa shape index (κ3) is 2.90. The Labute approximate surface area is 115 Å². The monoisotopic (exact) mass is 268 g/mol. The number of hydrogen-bond acceptors (Lipinski definition) is 3. The van der Waals surface area contributed by atoms with Crippen LogP contribution < -0.4 is 10.5 Å². The molecule has 0 heterocycles. The second-order valence-corrected chi connectivity index (χ2v) is 5.07. The minimum atomic E-state index is -0.372. The Kier molecular flexibility index (Phi) is 5.32. The van der Waals surface area contributed by atoms with E-state index >= 15 is 0 Å². The predicted molar refractivity (Wildman–Crippen MR) is 76.9 cm³/mol. The maximum Gasteiger partial charge on any atom is 0.131 e. The molecule has 1 aromatic carbocycles. The van der Waals surface area contributed by atoms with Crippen molar-refractivity contribution >= 4 is 0 Å². The van der Waals surface area contributed by atoms with Crippen LogP contribution in [0.3, 0.4) is 0 Å². The summed E-state index contributed by atoms with van der Waals surface area (Å²) >= 11 is 0. The van der Waals surface area contributed by atoms with Crippen LogP contribution in [0, 0.1) is 5.82 Å². The van der Waals surface area contributed by atoms with Gasteiger partial charge in [-0.25, -0.2) is 4.39 Å².